The number of aryl methyl sites for hydroxylation is 1. The molecule has 0 fully saturated rings. The summed E-state index contributed by atoms with van der Waals surface area (Å²) < 4.78 is 24.9. The highest BCUT2D eigenvalue weighted by atomic mass is 19.1. The number of nitrogens with one attached hydrogen (secondary N) is 1. The monoisotopic (exact) mass is 237 g/mol. The Hall–Kier alpha value is -1.58. The van der Waals surface area contributed by atoms with Gasteiger partial charge in [-0.15, -0.1) is 0 Å². The van der Waals surface area contributed by atoms with E-state index < -0.39 is 5.82 Å². The van der Waals surface area contributed by atoms with Crippen LogP contribution < -0.4 is 9.47 Å². The van der Waals surface area contributed by atoms with Gasteiger partial charge in [0.15, 0.2) is 17.3 Å². The molecule has 0 amide bonds. The van der Waals surface area contributed by atoms with E-state index in [0.717, 1.165) is 5.56 Å². The Balaban J connectivity index is 2.55. The molecule has 3 nitrogen and oxygen atoms in total. The standard InChI is InChI=1S/C13H16FNO2/c1-3-16-10-7-8-5-6-9(15)11(8)12(14)13(10)17-4-2/h7,15H,3-6H2,1-2H3. The van der Waals surface area contributed by atoms with Crippen LogP contribution in [0.5, 0.6) is 11.5 Å². The number of hydrogen-bond acceptors (Lipinski definition) is 3. The second-order valence-electron chi connectivity index (χ2n) is 3.90. The van der Waals surface area contributed by atoms with E-state index in [2.05, 4.69) is 0 Å². The lowest BCUT2D eigenvalue weighted by molar-refractivity contribution is 0.275. The molecule has 0 aromatic heterocycles. The Morgan fingerprint density at radius 3 is 2.59 bits per heavy atom. The zero-order valence-electron chi connectivity index (χ0n) is 10.1. The van der Waals surface area contributed by atoms with Crippen molar-refractivity contribution in [2.75, 3.05) is 13.2 Å². The van der Waals surface area contributed by atoms with Crippen LogP contribution in [-0.4, -0.2) is 18.9 Å². The van der Waals surface area contributed by atoms with Crippen molar-refractivity contribution in [2.45, 2.75) is 26.7 Å². The summed E-state index contributed by atoms with van der Waals surface area (Å²) in [6.07, 6.45) is 1.30. The van der Waals surface area contributed by atoms with Crippen molar-refractivity contribution in [2.24, 2.45) is 0 Å². The molecule has 1 N–H and O–H groups in total. The zero-order valence-corrected chi connectivity index (χ0v) is 10.1. The smallest absolute Gasteiger partial charge is 0.197 e. The van der Waals surface area contributed by atoms with Crippen molar-refractivity contribution in [3.8, 4) is 11.5 Å². The Bertz CT molecular complexity index is 457. The maximum absolute atomic E-state index is 14.2. The van der Waals surface area contributed by atoms with Crippen LogP contribution >= 0.6 is 0 Å². The maximum Gasteiger partial charge on any atom is 0.197 e. The summed E-state index contributed by atoms with van der Waals surface area (Å²) in [6, 6.07) is 1.80. The highest BCUT2D eigenvalue weighted by molar-refractivity contribution is 6.03. The predicted molar refractivity (Wildman–Crippen MR) is 63.9 cm³/mol. The van der Waals surface area contributed by atoms with Gasteiger partial charge in [0.2, 0.25) is 0 Å². The Kier molecular flexibility index (Phi) is 3.31. The van der Waals surface area contributed by atoms with Crippen LogP contribution in [0.4, 0.5) is 4.39 Å². The van der Waals surface area contributed by atoms with Crippen LogP contribution in [0.3, 0.4) is 0 Å². The highest BCUT2D eigenvalue weighted by Crippen LogP contribution is 2.38. The first-order valence-electron chi connectivity index (χ1n) is 5.87. The Labute approximate surface area is 100 Å². The van der Waals surface area contributed by atoms with Gasteiger partial charge in [-0.1, -0.05) is 0 Å². The molecule has 1 aromatic rings. The summed E-state index contributed by atoms with van der Waals surface area (Å²) in [4.78, 5) is 0. The molecule has 17 heavy (non-hydrogen) atoms. The molecule has 0 saturated carbocycles. The van der Waals surface area contributed by atoms with E-state index >= 15 is 0 Å². The van der Waals surface area contributed by atoms with E-state index in [1.54, 1.807) is 13.0 Å². The number of hydrogen-bond donors (Lipinski definition) is 1. The van der Waals surface area contributed by atoms with Crippen molar-refractivity contribution in [1.29, 1.82) is 5.41 Å². The third-order valence-electron chi connectivity index (χ3n) is 2.80. The van der Waals surface area contributed by atoms with E-state index in [4.69, 9.17) is 14.9 Å². The fourth-order valence-corrected chi connectivity index (χ4v) is 2.11. The molecule has 0 spiro atoms. The van der Waals surface area contributed by atoms with E-state index in [0.29, 0.717) is 43.1 Å². The molecule has 0 saturated heterocycles. The maximum atomic E-state index is 14.2. The first-order valence-corrected chi connectivity index (χ1v) is 5.87. The number of rotatable bonds is 4. The lowest BCUT2D eigenvalue weighted by Gasteiger charge is -2.14. The lowest BCUT2D eigenvalue weighted by Crippen LogP contribution is -2.05. The number of fused-ring (bicyclic) bond motifs is 1. The van der Waals surface area contributed by atoms with Crippen molar-refractivity contribution < 1.29 is 13.9 Å². The van der Waals surface area contributed by atoms with Gasteiger partial charge in [0.1, 0.15) is 0 Å². The average Bonchev–Trinajstić information content (AvgIpc) is 2.66. The summed E-state index contributed by atoms with van der Waals surface area (Å²) in [5, 5.41) is 7.74. The number of ether oxygens (including phenoxy) is 2. The minimum absolute atomic E-state index is 0.139. The van der Waals surface area contributed by atoms with Crippen LogP contribution in [-0.2, 0) is 6.42 Å². The van der Waals surface area contributed by atoms with Gasteiger partial charge in [0.05, 0.1) is 13.2 Å². The molecule has 2 rings (SSSR count). The lowest BCUT2D eigenvalue weighted by atomic mass is 10.1. The molecule has 1 aromatic carbocycles. The van der Waals surface area contributed by atoms with Crippen LogP contribution in [0.15, 0.2) is 6.07 Å². The van der Waals surface area contributed by atoms with Crippen LogP contribution in [0.1, 0.15) is 31.4 Å². The van der Waals surface area contributed by atoms with Crippen LogP contribution in [0.2, 0.25) is 0 Å². The fraction of sp³-hybridized carbons (Fsp3) is 0.462. The first kappa shape index (κ1) is 11.9. The molecular formula is C13H16FNO2. The van der Waals surface area contributed by atoms with Crippen molar-refractivity contribution in [1.82, 2.24) is 0 Å². The Morgan fingerprint density at radius 2 is 1.94 bits per heavy atom. The van der Waals surface area contributed by atoms with Gasteiger partial charge in [-0.2, -0.15) is 0 Å². The van der Waals surface area contributed by atoms with Crippen molar-refractivity contribution >= 4 is 5.71 Å². The molecule has 0 heterocycles. The van der Waals surface area contributed by atoms with Crippen molar-refractivity contribution in [3.05, 3.63) is 23.0 Å². The third-order valence-corrected chi connectivity index (χ3v) is 2.80. The topological polar surface area (TPSA) is 42.3 Å². The van der Waals surface area contributed by atoms with Crippen LogP contribution in [0.25, 0.3) is 0 Å². The molecule has 0 atom stereocenters. The number of benzene rings is 1. The molecule has 0 aliphatic heterocycles. The quantitative estimate of drug-likeness (QED) is 0.874. The second kappa shape index (κ2) is 4.73. The van der Waals surface area contributed by atoms with E-state index in [1.807, 2.05) is 6.92 Å². The largest absolute Gasteiger partial charge is 0.490 e. The van der Waals surface area contributed by atoms with Gasteiger partial charge >= 0.3 is 0 Å². The third kappa shape index (κ3) is 1.99. The second-order valence-corrected chi connectivity index (χ2v) is 3.90. The van der Waals surface area contributed by atoms with Gasteiger partial charge in [-0.05, 0) is 38.3 Å². The summed E-state index contributed by atoms with van der Waals surface area (Å²) in [6.45, 7) is 4.50. The minimum atomic E-state index is -0.449. The number of halogens is 1. The minimum Gasteiger partial charge on any atom is -0.490 e. The van der Waals surface area contributed by atoms with E-state index in [9.17, 15) is 4.39 Å². The Morgan fingerprint density at radius 1 is 1.24 bits per heavy atom. The molecule has 0 bridgehead atoms. The molecule has 0 unspecified atom stereocenters. The van der Waals surface area contributed by atoms with Crippen LogP contribution in [0, 0.1) is 11.2 Å². The van der Waals surface area contributed by atoms with Gasteiger partial charge in [0.25, 0.3) is 0 Å². The van der Waals surface area contributed by atoms with Gasteiger partial charge in [-0.25, -0.2) is 4.39 Å². The summed E-state index contributed by atoms with van der Waals surface area (Å²) >= 11 is 0. The molecular weight excluding hydrogens is 221 g/mol. The van der Waals surface area contributed by atoms with Gasteiger partial charge in [0, 0.05) is 11.3 Å². The van der Waals surface area contributed by atoms with E-state index in [-0.39, 0.29) is 5.75 Å². The summed E-state index contributed by atoms with van der Waals surface area (Å²) in [5.74, 6) is 0.135. The predicted octanol–water partition coefficient (Wildman–Crippen LogP) is 2.94. The molecule has 92 valence electrons. The van der Waals surface area contributed by atoms with Gasteiger partial charge < -0.3 is 14.9 Å². The van der Waals surface area contributed by atoms with Gasteiger partial charge in [-0.3, -0.25) is 0 Å². The molecule has 4 heteroatoms. The summed E-state index contributed by atoms with van der Waals surface area (Å²) in [5.41, 5.74) is 1.60. The molecule has 0 radical (unpaired) electrons. The zero-order chi connectivity index (χ0) is 12.4. The van der Waals surface area contributed by atoms with E-state index in [1.165, 1.54) is 0 Å². The van der Waals surface area contributed by atoms with Crippen molar-refractivity contribution in [3.63, 3.8) is 0 Å². The average molecular weight is 237 g/mol. The highest BCUT2D eigenvalue weighted by Gasteiger charge is 2.26. The normalized spacial score (nSPS) is 13.7. The fourth-order valence-electron chi connectivity index (χ4n) is 2.11. The molecule has 1 aliphatic rings. The SMILES string of the molecule is CCOc1cc2c(c(F)c1OCC)C(=N)CC2. The molecule has 1 aliphatic carbocycles. The summed E-state index contributed by atoms with van der Waals surface area (Å²) in [7, 11) is 0. The first-order chi connectivity index (χ1) is 8.19.